The third-order valence-corrected chi connectivity index (χ3v) is 5.26. The zero-order chi connectivity index (χ0) is 19.0. The summed E-state index contributed by atoms with van der Waals surface area (Å²) in [6.07, 6.45) is 4.83. The first-order valence-corrected chi connectivity index (χ1v) is 10.1. The molecule has 4 unspecified atom stereocenters. The molecule has 4 atom stereocenters. The van der Waals surface area contributed by atoms with Crippen molar-refractivity contribution in [3.8, 4) is 0 Å². The van der Waals surface area contributed by atoms with Crippen LogP contribution in [0.5, 0.6) is 0 Å². The summed E-state index contributed by atoms with van der Waals surface area (Å²) < 4.78 is 11.2. The summed E-state index contributed by atoms with van der Waals surface area (Å²) in [6.45, 7) is 13.2. The number of esters is 2. The van der Waals surface area contributed by atoms with Gasteiger partial charge in [-0.1, -0.05) is 60.8 Å². The first-order chi connectivity index (χ1) is 11.8. The van der Waals surface area contributed by atoms with E-state index in [-0.39, 0.29) is 35.6 Å². The number of hydrogen-bond donors (Lipinski definition) is 0. The van der Waals surface area contributed by atoms with E-state index in [1.807, 2.05) is 27.7 Å². The van der Waals surface area contributed by atoms with E-state index in [4.69, 9.17) is 9.47 Å². The molecule has 4 heteroatoms. The van der Waals surface area contributed by atoms with E-state index in [9.17, 15) is 9.59 Å². The van der Waals surface area contributed by atoms with Crippen molar-refractivity contribution < 1.29 is 19.1 Å². The van der Waals surface area contributed by atoms with Gasteiger partial charge < -0.3 is 9.47 Å². The molecule has 1 aliphatic rings. The van der Waals surface area contributed by atoms with Crippen molar-refractivity contribution in [1.82, 2.24) is 0 Å². The molecule has 0 aromatic heterocycles. The zero-order valence-corrected chi connectivity index (χ0v) is 17.0. The molecule has 1 saturated carbocycles. The van der Waals surface area contributed by atoms with Crippen LogP contribution in [0.3, 0.4) is 0 Å². The second-order valence-corrected chi connectivity index (χ2v) is 8.37. The molecular formula is C21H38O4. The molecule has 0 radical (unpaired) electrons. The molecule has 4 nitrogen and oxygen atoms in total. The Morgan fingerprint density at radius 3 is 1.44 bits per heavy atom. The molecule has 0 bridgehead atoms. The molecule has 25 heavy (non-hydrogen) atoms. The summed E-state index contributed by atoms with van der Waals surface area (Å²) in [5.74, 6) is -0.140. The predicted octanol–water partition coefficient (Wildman–Crippen LogP) is 4.85. The first-order valence-electron chi connectivity index (χ1n) is 10.1. The summed E-state index contributed by atoms with van der Waals surface area (Å²) >= 11 is 0. The lowest BCUT2D eigenvalue weighted by atomic mass is 9.74. The van der Waals surface area contributed by atoms with Crippen LogP contribution in [0.4, 0.5) is 0 Å². The Kier molecular flexibility index (Phi) is 9.52. The molecule has 1 aliphatic carbocycles. The van der Waals surface area contributed by atoms with Crippen LogP contribution >= 0.6 is 0 Å². The van der Waals surface area contributed by atoms with Crippen LogP contribution in [0.2, 0.25) is 0 Å². The van der Waals surface area contributed by atoms with Gasteiger partial charge in [0.15, 0.2) is 0 Å². The van der Waals surface area contributed by atoms with E-state index in [1.165, 1.54) is 0 Å². The minimum Gasteiger partial charge on any atom is -0.465 e. The van der Waals surface area contributed by atoms with E-state index in [0.29, 0.717) is 25.0 Å². The fourth-order valence-corrected chi connectivity index (χ4v) is 3.87. The molecule has 0 aliphatic heterocycles. The van der Waals surface area contributed by atoms with Crippen LogP contribution in [0.15, 0.2) is 0 Å². The maximum Gasteiger partial charge on any atom is 0.310 e. The second kappa shape index (κ2) is 10.8. The van der Waals surface area contributed by atoms with Gasteiger partial charge in [-0.05, 0) is 36.5 Å². The van der Waals surface area contributed by atoms with Crippen molar-refractivity contribution in [2.45, 2.75) is 73.6 Å². The SMILES string of the molecule is CCC1CCCC(CC)C(C(=O)OCC(C)C)C1C(=O)OCC(C)C. The smallest absolute Gasteiger partial charge is 0.310 e. The number of carbonyl (C=O) groups is 2. The average Bonchev–Trinajstić information content (AvgIpc) is 2.76. The Morgan fingerprint density at radius 2 is 1.16 bits per heavy atom. The van der Waals surface area contributed by atoms with Crippen LogP contribution in [-0.4, -0.2) is 25.2 Å². The number of carbonyl (C=O) groups excluding carboxylic acids is 2. The molecule has 0 heterocycles. The lowest BCUT2D eigenvalue weighted by Crippen LogP contribution is -2.40. The minimum absolute atomic E-state index is 0.201. The topological polar surface area (TPSA) is 52.6 Å². The number of ether oxygens (including phenoxy) is 2. The van der Waals surface area contributed by atoms with Crippen molar-refractivity contribution in [2.24, 2.45) is 35.5 Å². The van der Waals surface area contributed by atoms with Gasteiger partial charge in [0.2, 0.25) is 0 Å². The molecule has 0 aromatic carbocycles. The Hall–Kier alpha value is -1.06. The predicted molar refractivity (Wildman–Crippen MR) is 100.0 cm³/mol. The quantitative estimate of drug-likeness (QED) is 0.462. The Morgan fingerprint density at radius 1 is 0.800 bits per heavy atom. The van der Waals surface area contributed by atoms with Gasteiger partial charge in [0.05, 0.1) is 25.0 Å². The van der Waals surface area contributed by atoms with Crippen LogP contribution in [-0.2, 0) is 19.1 Å². The van der Waals surface area contributed by atoms with Crippen molar-refractivity contribution in [3.05, 3.63) is 0 Å². The average molecular weight is 355 g/mol. The number of rotatable bonds is 8. The van der Waals surface area contributed by atoms with Crippen LogP contribution in [0.25, 0.3) is 0 Å². The lowest BCUT2D eigenvalue weighted by molar-refractivity contribution is -0.166. The van der Waals surface area contributed by atoms with E-state index >= 15 is 0 Å². The molecule has 1 rings (SSSR count). The van der Waals surface area contributed by atoms with Crippen LogP contribution < -0.4 is 0 Å². The monoisotopic (exact) mass is 354 g/mol. The summed E-state index contributed by atoms with van der Waals surface area (Å²) in [4.78, 5) is 25.8. The molecular weight excluding hydrogens is 316 g/mol. The largest absolute Gasteiger partial charge is 0.465 e. The number of hydrogen-bond acceptors (Lipinski definition) is 4. The van der Waals surface area contributed by atoms with Gasteiger partial charge in [0.1, 0.15) is 0 Å². The maximum absolute atomic E-state index is 12.9. The van der Waals surface area contributed by atoms with Gasteiger partial charge in [0.25, 0.3) is 0 Å². The van der Waals surface area contributed by atoms with Crippen molar-refractivity contribution in [2.75, 3.05) is 13.2 Å². The van der Waals surface area contributed by atoms with E-state index < -0.39 is 0 Å². The third-order valence-electron chi connectivity index (χ3n) is 5.26. The highest BCUT2D eigenvalue weighted by Crippen LogP contribution is 2.41. The summed E-state index contributed by atoms with van der Waals surface area (Å²) in [5, 5.41) is 0. The van der Waals surface area contributed by atoms with Crippen molar-refractivity contribution >= 4 is 11.9 Å². The zero-order valence-electron chi connectivity index (χ0n) is 17.0. The fourth-order valence-electron chi connectivity index (χ4n) is 3.87. The standard InChI is InChI=1S/C21H38O4/c1-7-16-10-9-11-17(8-2)19(21(23)25-13-15(5)6)18(16)20(22)24-12-14(3)4/h14-19H,7-13H2,1-6H3. The van der Waals surface area contributed by atoms with Crippen LogP contribution in [0.1, 0.15) is 73.6 Å². The van der Waals surface area contributed by atoms with E-state index in [0.717, 1.165) is 32.1 Å². The molecule has 0 saturated heterocycles. The maximum atomic E-state index is 12.9. The summed E-state index contributed by atoms with van der Waals surface area (Å²) in [5.41, 5.74) is 0. The Balaban J connectivity index is 3.07. The highest BCUT2D eigenvalue weighted by Gasteiger charge is 2.45. The van der Waals surface area contributed by atoms with Crippen LogP contribution in [0, 0.1) is 35.5 Å². The minimum atomic E-state index is -0.365. The fraction of sp³-hybridized carbons (Fsp3) is 0.905. The van der Waals surface area contributed by atoms with Crippen molar-refractivity contribution in [1.29, 1.82) is 0 Å². The van der Waals surface area contributed by atoms with Gasteiger partial charge in [-0.15, -0.1) is 0 Å². The highest BCUT2D eigenvalue weighted by molar-refractivity contribution is 5.82. The van der Waals surface area contributed by atoms with Gasteiger partial charge in [-0.25, -0.2) is 0 Å². The lowest BCUT2D eigenvalue weighted by Gasteiger charge is -2.32. The van der Waals surface area contributed by atoms with Crippen molar-refractivity contribution in [3.63, 3.8) is 0 Å². The molecule has 0 N–H and O–H groups in total. The third kappa shape index (κ3) is 6.63. The molecule has 1 fully saturated rings. The first kappa shape index (κ1) is 22.0. The molecule has 0 spiro atoms. The normalized spacial score (nSPS) is 27.2. The van der Waals surface area contributed by atoms with E-state index in [1.54, 1.807) is 0 Å². The van der Waals surface area contributed by atoms with Gasteiger partial charge in [-0.3, -0.25) is 9.59 Å². The summed E-state index contributed by atoms with van der Waals surface area (Å²) in [7, 11) is 0. The van der Waals surface area contributed by atoms with E-state index in [2.05, 4.69) is 13.8 Å². The Bertz CT molecular complexity index is 378. The molecule has 0 aromatic rings. The molecule has 0 amide bonds. The highest BCUT2D eigenvalue weighted by atomic mass is 16.5. The van der Waals surface area contributed by atoms with Gasteiger partial charge in [0, 0.05) is 0 Å². The Labute approximate surface area is 154 Å². The molecule has 146 valence electrons. The van der Waals surface area contributed by atoms with Gasteiger partial charge in [-0.2, -0.15) is 0 Å². The second-order valence-electron chi connectivity index (χ2n) is 8.37. The van der Waals surface area contributed by atoms with Gasteiger partial charge >= 0.3 is 11.9 Å². The summed E-state index contributed by atoms with van der Waals surface area (Å²) in [6, 6.07) is 0.